The molecule has 2 aromatic carbocycles. The summed E-state index contributed by atoms with van der Waals surface area (Å²) in [6.07, 6.45) is 2.16. The second-order valence-corrected chi connectivity index (χ2v) is 5.50. The lowest BCUT2D eigenvalue weighted by molar-refractivity contribution is 0.341. The Morgan fingerprint density at radius 3 is 2.24 bits per heavy atom. The first-order valence-corrected chi connectivity index (χ1v) is 7.55. The van der Waals surface area contributed by atoms with Crippen molar-refractivity contribution in [3.8, 4) is 11.1 Å². The lowest BCUT2D eigenvalue weighted by Gasteiger charge is -2.32. The van der Waals surface area contributed by atoms with Crippen molar-refractivity contribution >= 4 is 11.4 Å². The number of rotatable bonds is 1. The highest BCUT2D eigenvalue weighted by molar-refractivity contribution is 5.90. The third-order valence-electron chi connectivity index (χ3n) is 4.24. The number of nitrogens with one attached hydrogen (secondary N) is 2. The zero-order chi connectivity index (χ0) is 14.1. The standard InChI is InChI=1S/C18H19N3/c1-2-7-16-14(5-1)15-6-3-4-8-17(15)20-13-18(16)21-11-9-19-10-12-21/h1-8,13,19-20H,9-12H2. The van der Waals surface area contributed by atoms with Crippen LogP contribution in [0.15, 0.2) is 54.7 Å². The van der Waals surface area contributed by atoms with Crippen LogP contribution in [0.5, 0.6) is 0 Å². The number of hydrogen-bond donors (Lipinski definition) is 2. The highest BCUT2D eigenvalue weighted by Crippen LogP contribution is 2.37. The van der Waals surface area contributed by atoms with Crippen LogP contribution in [0.25, 0.3) is 16.8 Å². The molecule has 0 aromatic heterocycles. The van der Waals surface area contributed by atoms with Crippen LogP contribution in [0.4, 0.5) is 5.69 Å². The molecule has 0 aliphatic carbocycles. The first kappa shape index (κ1) is 12.5. The molecule has 4 rings (SSSR count). The van der Waals surface area contributed by atoms with Crippen molar-refractivity contribution in [3.63, 3.8) is 0 Å². The van der Waals surface area contributed by atoms with Gasteiger partial charge in [0, 0.05) is 49.2 Å². The second-order valence-electron chi connectivity index (χ2n) is 5.50. The smallest absolute Gasteiger partial charge is 0.0610 e. The lowest BCUT2D eigenvalue weighted by Crippen LogP contribution is -2.42. The molecule has 21 heavy (non-hydrogen) atoms. The van der Waals surface area contributed by atoms with E-state index in [2.05, 4.69) is 70.3 Å². The molecule has 0 amide bonds. The fourth-order valence-corrected chi connectivity index (χ4v) is 3.18. The minimum atomic E-state index is 1.05. The van der Waals surface area contributed by atoms with Gasteiger partial charge in [0.1, 0.15) is 0 Å². The summed E-state index contributed by atoms with van der Waals surface area (Å²) in [6, 6.07) is 17.2. The van der Waals surface area contributed by atoms with Gasteiger partial charge in [-0.15, -0.1) is 0 Å². The van der Waals surface area contributed by atoms with Gasteiger partial charge in [0.2, 0.25) is 0 Å². The maximum absolute atomic E-state index is 3.50. The molecule has 2 aromatic rings. The molecule has 3 heteroatoms. The van der Waals surface area contributed by atoms with Crippen molar-refractivity contribution in [1.29, 1.82) is 0 Å². The van der Waals surface area contributed by atoms with Gasteiger partial charge in [0.25, 0.3) is 0 Å². The molecule has 106 valence electrons. The SMILES string of the molecule is C1=C(N2CCNCC2)c2ccccc2-c2ccccc2N1. The summed E-state index contributed by atoms with van der Waals surface area (Å²) < 4.78 is 0. The van der Waals surface area contributed by atoms with Crippen molar-refractivity contribution in [1.82, 2.24) is 10.2 Å². The van der Waals surface area contributed by atoms with E-state index in [1.54, 1.807) is 0 Å². The van der Waals surface area contributed by atoms with Gasteiger partial charge >= 0.3 is 0 Å². The first-order chi connectivity index (χ1) is 10.4. The van der Waals surface area contributed by atoms with Crippen LogP contribution in [0.1, 0.15) is 5.56 Å². The summed E-state index contributed by atoms with van der Waals surface area (Å²) in [4.78, 5) is 2.47. The van der Waals surface area contributed by atoms with Crippen molar-refractivity contribution in [2.75, 3.05) is 31.5 Å². The summed E-state index contributed by atoms with van der Waals surface area (Å²) in [5, 5.41) is 6.92. The third kappa shape index (κ3) is 2.20. The molecule has 2 heterocycles. The van der Waals surface area contributed by atoms with E-state index in [4.69, 9.17) is 0 Å². The monoisotopic (exact) mass is 277 g/mol. The van der Waals surface area contributed by atoms with Gasteiger partial charge in [-0.25, -0.2) is 0 Å². The molecule has 2 N–H and O–H groups in total. The zero-order valence-corrected chi connectivity index (χ0v) is 12.0. The number of anilines is 1. The highest BCUT2D eigenvalue weighted by atomic mass is 15.2. The van der Waals surface area contributed by atoms with Crippen LogP contribution in [-0.4, -0.2) is 31.1 Å². The summed E-state index contributed by atoms with van der Waals surface area (Å²) >= 11 is 0. The molecule has 0 atom stereocenters. The molecule has 0 spiro atoms. The molecular weight excluding hydrogens is 258 g/mol. The van der Waals surface area contributed by atoms with Crippen LogP contribution >= 0.6 is 0 Å². The van der Waals surface area contributed by atoms with Crippen molar-refractivity contribution in [3.05, 3.63) is 60.3 Å². The minimum absolute atomic E-state index is 1.05. The normalized spacial score (nSPS) is 17.1. The summed E-state index contributed by atoms with van der Waals surface area (Å²) in [6.45, 7) is 4.20. The van der Waals surface area contributed by atoms with E-state index in [1.165, 1.54) is 28.1 Å². The molecule has 0 saturated carbocycles. The Morgan fingerprint density at radius 2 is 1.43 bits per heavy atom. The molecule has 1 fully saturated rings. The van der Waals surface area contributed by atoms with E-state index >= 15 is 0 Å². The topological polar surface area (TPSA) is 27.3 Å². The fraction of sp³-hybridized carbons (Fsp3) is 0.222. The summed E-state index contributed by atoms with van der Waals surface area (Å²) in [7, 11) is 0. The van der Waals surface area contributed by atoms with Crippen LogP contribution in [0.3, 0.4) is 0 Å². The van der Waals surface area contributed by atoms with E-state index in [9.17, 15) is 0 Å². The fourth-order valence-electron chi connectivity index (χ4n) is 3.18. The molecule has 2 aliphatic heterocycles. The van der Waals surface area contributed by atoms with Gasteiger partial charge in [-0.1, -0.05) is 42.5 Å². The van der Waals surface area contributed by atoms with Gasteiger partial charge in [-0.2, -0.15) is 0 Å². The quantitative estimate of drug-likeness (QED) is 0.839. The van der Waals surface area contributed by atoms with E-state index in [-0.39, 0.29) is 0 Å². The molecule has 0 bridgehead atoms. The van der Waals surface area contributed by atoms with Crippen LogP contribution in [0.2, 0.25) is 0 Å². The van der Waals surface area contributed by atoms with Crippen molar-refractivity contribution in [2.24, 2.45) is 0 Å². The molecular formula is C18H19N3. The third-order valence-corrected chi connectivity index (χ3v) is 4.24. The number of piperazine rings is 1. The van der Waals surface area contributed by atoms with Crippen molar-refractivity contribution < 1.29 is 0 Å². The number of benzene rings is 2. The lowest BCUT2D eigenvalue weighted by atomic mass is 9.97. The summed E-state index contributed by atoms with van der Waals surface area (Å²) in [5.74, 6) is 0. The van der Waals surface area contributed by atoms with Gasteiger partial charge in [-0.05, 0) is 11.6 Å². The molecule has 0 radical (unpaired) electrons. The Hall–Kier alpha value is -2.26. The minimum Gasteiger partial charge on any atom is -0.367 e. The van der Waals surface area contributed by atoms with Crippen LogP contribution in [-0.2, 0) is 0 Å². The van der Waals surface area contributed by atoms with E-state index in [0.29, 0.717) is 0 Å². The van der Waals surface area contributed by atoms with E-state index in [0.717, 1.165) is 26.2 Å². The predicted octanol–water partition coefficient (Wildman–Crippen LogP) is 2.98. The Morgan fingerprint density at radius 1 is 0.762 bits per heavy atom. The molecule has 1 saturated heterocycles. The maximum Gasteiger partial charge on any atom is 0.0610 e. The first-order valence-electron chi connectivity index (χ1n) is 7.55. The molecule has 0 unspecified atom stereocenters. The molecule has 3 nitrogen and oxygen atoms in total. The van der Waals surface area contributed by atoms with Gasteiger partial charge < -0.3 is 15.5 Å². The summed E-state index contributed by atoms with van der Waals surface area (Å²) in [5.41, 5.74) is 6.37. The number of fused-ring (bicyclic) bond motifs is 3. The van der Waals surface area contributed by atoms with Crippen LogP contribution < -0.4 is 10.6 Å². The number of para-hydroxylation sites is 1. The van der Waals surface area contributed by atoms with E-state index in [1.807, 2.05) is 0 Å². The second kappa shape index (κ2) is 5.26. The highest BCUT2D eigenvalue weighted by Gasteiger charge is 2.20. The predicted molar refractivity (Wildman–Crippen MR) is 87.9 cm³/mol. The Balaban J connectivity index is 1.85. The Labute approximate surface area is 125 Å². The largest absolute Gasteiger partial charge is 0.367 e. The van der Waals surface area contributed by atoms with Gasteiger partial charge in [0.15, 0.2) is 0 Å². The Kier molecular flexibility index (Phi) is 3.13. The van der Waals surface area contributed by atoms with Gasteiger partial charge in [-0.3, -0.25) is 0 Å². The van der Waals surface area contributed by atoms with Crippen molar-refractivity contribution in [2.45, 2.75) is 0 Å². The Bertz CT molecular complexity index is 684. The average Bonchev–Trinajstić information content (AvgIpc) is 2.73. The number of hydrogen-bond acceptors (Lipinski definition) is 3. The van der Waals surface area contributed by atoms with Crippen LogP contribution in [0, 0.1) is 0 Å². The average molecular weight is 277 g/mol. The molecule has 2 aliphatic rings. The zero-order valence-electron chi connectivity index (χ0n) is 12.0. The van der Waals surface area contributed by atoms with Gasteiger partial charge in [0.05, 0.1) is 5.70 Å². The van der Waals surface area contributed by atoms with E-state index < -0.39 is 0 Å². The number of nitrogens with zero attached hydrogens (tertiary/aromatic N) is 1. The maximum atomic E-state index is 3.50.